The summed E-state index contributed by atoms with van der Waals surface area (Å²) in [5.74, 6) is 0.231. The second kappa shape index (κ2) is 9.04. The van der Waals surface area contributed by atoms with E-state index in [0.29, 0.717) is 30.1 Å². The second-order valence-corrected chi connectivity index (χ2v) is 6.09. The second-order valence-electron chi connectivity index (χ2n) is 6.09. The van der Waals surface area contributed by atoms with Crippen LogP contribution in [0.4, 0.5) is 5.69 Å². The molecule has 0 fully saturated rings. The van der Waals surface area contributed by atoms with Gasteiger partial charge in [0.1, 0.15) is 5.75 Å². The lowest BCUT2D eigenvalue weighted by molar-refractivity contribution is -0.122. The zero-order chi connectivity index (χ0) is 19.1. The number of hydrogen-bond acceptors (Lipinski definition) is 3. The highest BCUT2D eigenvalue weighted by atomic mass is 16.5. The molecule has 0 bridgehead atoms. The van der Waals surface area contributed by atoms with Crippen molar-refractivity contribution in [3.63, 3.8) is 0 Å². The van der Waals surface area contributed by atoms with Crippen molar-refractivity contribution in [3.8, 4) is 5.75 Å². The van der Waals surface area contributed by atoms with E-state index >= 15 is 0 Å². The summed E-state index contributed by atoms with van der Waals surface area (Å²) in [6.45, 7) is 8.77. The molecule has 0 radical (unpaired) electrons. The highest BCUT2D eigenvalue weighted by molar-refractivity contribution is 6.04. The van der Waals surface area contributed by atoms with Crippen LogP contribution >= 0.6 is 0 Å². The largest absolute Gasteiger partial charge is 0.481 e. The molecule has 5 heteroatoms. The fourth-order valence-electron chi connectivity index (χ4n) is 2.57. The van der Waals surface area contributed by atoms with Crippen molar-refractivity contribution in [2.75, 3.05) is 18.4 Å². The van der Waals surface area contributed by atoms with Crippen LogP contribution in [0.5, 0.6) is 5.75 Å². The fraction of sp³-hybridized carbons (Fsp3) is 0.333. The Kier molecular flexibility index (Phi) is 6.78. The van der Waals surface area contributed by atoms with E-state index < -0.39 is 6.10 Å². The first-order valence-corrected chi connectivity index (χ1v) is 8.88. The fourth-order valence-corrected chi connectivity index (χ4v) is 2.57. The molecular formula is C21H26N2O3. The summed E-state index contributed by atoms with van der Waals surface area (Å²) in [4.78, 5) is 26.9. The number of ether oxygens (including phenoxy) is 1. The van der Waals surface area contributed by atoms with E-state index in [4.69, 9.17) is 4.74 Å². The van der Waals surface area contributed by atoms with Gasteiger partial charge in [0, 0.05) is 13.1 Å². The van der Waals surface area contributed by atoms with Gasteiger partial charge in [0.05, 0.1) is 11.3 Å². The van der Waals surface area contributed by atoms with Crippen LogP contribution in [-0.4, -0.2) is 35.9 Å². The average molecular weight is 354 g/mol. The first-order valence-electron chi connectivity index (χ1n) is 8.88. The molecule has 1 atom stereocenters. The van der Waals surface area contributed by atoms with Gasteiger partial charge in [0.15, 0.2) is 6.10 Å². The molecule has 0 unspecified atom stereocenters. The minimum Gasteiger partial charge on any atom is -0.481 e. The Morgan fingerprint density at radius 2 is 1.65 bits per heavy atom. The van der Waals surface area contributed by atoms with Gasteiger partial charge in [-0.05, 0) is 52.0 Å². The van der Waals surface area contributed by atoms with Crippen LogP contribution in [0.15, 0.2) is 48.5 Å². The first-order chi connectivity index (χ1) is 12.5. The zero-order valence-electron chi connectivity index (χ0n) is 15.8. The number of amides is 2. The van der Waals surface area contributed by atoms with Gasteiger partial charge in [0.25, 0.3) is 11.8 Å². The lowest BCUT2D eigenvalue weighted by atomic mass is 10.1. The van der Waals surface area contributed by atoms with E-state index in [-0.39, 0.29) is 11.8 Å². The standard InChI is InChI=1S/C21H26N2O3/c1-5-23(6-2)21(25)18-9-7-8-10-19(18)22-20(24)16(4)26-17-13-11-15(3)12-14-17/h7-14,16H,5-6H2,1-4H3,(H,22,24)/t16-/m1/s1. The molecular weight excluding hydrogens is 328 g/mol. The summed E-state index contributed by atoms with van der Waals surface area (Å²) < 4.78 is 5.69. The molecule has 0 saturated carbocycles. The summed E-state index contributed by atoms with van der Waals surface area (Å²) in [7, 11) is 0. The van der Waals surface area contributed by atoms with Gasteiger partial charge in [-0.15, -0.1) is 0 Å². The number of aryl methyl sites for hydroxylation is 1. The van der Waals surface area contributed by atoms with E-state index in [1.807, 2.05) is 45.0 Å². The molecule has 26 heavy (non-hydrogen) atoms. The van der Waals surface area contributed by atoms with Crippen LogP contribution in [-0.2, 0) is 4.79 Å². The molecule has 5 nitrogen and oxygen atoms in total. The summed E-state index contributed by atoms with van der Waals surface area (Å²) >= 11 is 0. The molecule has 0 aromatic heterocycles. The van der Waals surface area contributed by atoms with Crippen LogP contribution in [0.3, 0.4) is 0 Å². The molecule has 2 rings (SSSR count). The number of nitrogens with zero attached hydrogens (tertiary/aromatic N) is 1. The molecule has 2 aromatic rings. The van der Waals surface area contributed by atoms with E-state index in [9.17, 15) is 9.59 Å². The zero-order valence-corrected chi connectivity index (χ0v) is 15.8. The maximum Gasteiger partial charge on any atom is 0.265 e. The maximum absolute atomic E-state index is 12.6. The molecule has 0 aliphatic heterocycles. The Hall–Kier alpha value is -2.82. The van der Waals surface area contributed by atoms with Crippen molar-refractivity contribution in [2.24, 2.45) is 0 Å². The maximum atomic E-state index is 12.6. The number of carbonyl (C=O) groups is 2. The molecule has 2 aromatic carbocycles. The smallest absolute Gasteiger partial charge is 0.265 e. The van der Waals surface area contributed by atoms with E-state index in [2.05, 4.69) is 5.32 Å². The Morgan fingerprint density at radius 3 is 2.27 bits per heavy atom. The summed E-state index contributed by atoms with van der Waals surface area (Å²) in [6, 6.07) is 14.6. The number of benzene rings is 2. The molecule has 0 aliphatic rings. The van der Waals surface area contributed by atoms with Gasteiger partial charge in [-0.3, -0.25) is 9.59 Å². The molecule has 1 N–H and O–H groups in total. The van der Waals surface area contributed by atoms with Gasteiger partial charge in [-0.1, -0.05) is 29.8 Å². The van der Waals surface area contributed by atoms with Gasteiger partial charge in [0.2, 0.25) is 0 Å². The predicted octanol–water partition coefficient (Wildman–Crippen LogP) is 3.88. The van der Waals surface area contributed by atoms with Gasteiger partial charge < -0.3 is 15.0 Å². The van der Waals surface area contributed by atoms with Crippen molar-refractivity contribution < 1.29 is 14.3 Å². The van der Waals surface area contributed by atoms with E-state index in [1.165, 1.54) is 0 Å². The third-order valence-electron chi connectivity index (χ3n) is 4.17. The van der Waals surface area contributed by atoms with E-state index in [0.717, 1.165) is 5.56 Å². The number of rotatable bonds is 7. The molecule has 138 valence electrons. The van der Waals surface area contributed by atoms with Crippen LogP contribution in [0, 0.1) is 6.92 Å². The normalized spacial score (nSPS) is 11.5. The minimum absolute atomic E-state index is 0.0991. The Balaban J connectivity index is 2.11. The quantitative estimate of drug-likeness (QED) is 0.821. The summed E-state index contributed by atoms with van der Waals surface area (Å²) in [5, 5.41) is 2.81. The van der Waals surface area contributed by atoms with E-state index in [1.54, 1.807) is 36.1 Å². The van der Waals surface area contributed by atoms with Crippen LogP contribution in [0.25, 0.3) is 0 Å². The number of para-hydroxylation sites is 1. The number of carbonyl (C=O) groups excluding carboxylic acids is 2. The third-order valence-corrected chi connectivity index (χ3v) is 4.17. The molecule has 0 aliphatic carbocycles. The molecule has 2 amide bonds. The number of anilines is 1. The predicted molar refractivity (Wildman–Crippen MR) is 104 cm³/mol. The Labute approximate surface area is 155 Å². The van der Waals surface area contributed by atoms with Crippen molar-refractivity contribution in [3.05, 3.63) is 59.7 Å². The van der Waals surface area contributed by atoms with Crippen molar-refractivity contribution in [2.45, 2.75) is 33.8 Å². The SMILES string of the molecule is CCN(CC)C(=O)c1ccccc1NC(=O)[C@@H](C)Oc1ccc(C)cc1. The number of nitrogens with one attached hydrogen (secondary N) is 1. The Bertz CT molecular complexity index is 752. The van der Waals surface area contributed by atoms with Crippen LogP contribution in [0.2, 0.25) is 0 Å². The van der Waals surface area contributed by atoms with Gasteiger partial charge >= 0.3 is 0 Å². The lowest BCUT2D eigenvalue weighted by Gasteiger charge is -2.21. The van der Waals surface area contributed by atoms with Crippen molar-refractivity contribution >= 4 is 17.5 Å². The van der Waals surface area contributed by atoms with Gasteiger partial charge in [-0.2, -0.15) is 0 Å². The first kappa shape index (κ1) is 19.5. The van der Waals surface area contributed by atoms with Gasteiger partial charge in [-0.25, -0.2) is 0 Å². The van der Waals surface area contributed by atoms with Crippen molar-refractivity contribution in [1.82, 2.24) is 4.90 Å². The molecule has 0 heterocycles. The summed E-state index contributed by atoms with van der Waals surface area (Å²) in [5.41, 5.74) is 2.10. The third kappa shape index (κ3) is 4.85. The Morgan fingerprint density at radius 1 is 1.04 bits per heavy atom. The average Bonchev–Trinajstić information content (AvgIpc) is 2.64. The van der Waals surface area contributed by atoms with Crippen LogP contribution in [0.1, 0.15) is 36.7 Å². The lowest BCUT2D eigenvalue weighted by Crippen LogP contribution is -2.33. The summed E-state index contributed by atoms with van der Waals surface area (Å²) in [6.07, 6.45) is -0.686. The van der Waals surface area contributed by atoms with Crippen LogP contribution < -0.4 is 10.1 Å². The highest BCUT2D eigenvalue weighted by Crippen LogP contribution is 2.19. The van der Waals surface area contributed by atoms with Crippen molar-refractivity contribution in [1.29, 1.82) is 0 Å². The molecule has 0 saturated heterocycles. The molecule has 0 spiro atoms. The number of hydrogen-bond donors (Lipinski definition) is 1. The monoisotopic (exact) mass is 354 g/mol. The highest BCUT2D eigenvalue weighted by Gasteiger charge is 2.20. The topological polar surface area (TPSA) is 58.6 Å². The minimum atomic E-state index is -0.686.